The van der Waals surface area contributed by atoms with Crippen LogP contribution in [0.5, 0.6) is 0 Å². The van der Waals surface area contributed by atoms with Gasteiger partial charge in [0.05, 0.1) is 6.04 Å². The van der Waals surface area contributed by atoms with Crippen LogP contribution in [0.3, 0.4) is 0 Å². The minimum absolute atomic E-state index is 0. The van der Waals surface area contributed by atoms with E-state index in [1.807, 2.05) is 26.0 Å². The molecule has 0 bridgehead atoms. The van der Waals surface area contributed by atoms with Gasteiger partial charge in [0.25, 0.3) is 0 Å². The van der Waals surface area contributed by atoms with Crippen LogP contribution in [0.25, 0.3) is 0 Å². The first kappa shape index (κ1) is 11.9. The molecule has 1 aliphatic rings. The van der Waals surface area contributed by atoms with Crippen molar-refractivity contribution in [2.75, 3.05) is 0 Å². The van der Waals surface area contributed by atoms with Gasteiger partial charge in [-0.2, -0.15) is 0 Å². The molecule has 1 atom stereocenters. The van der Waals surface area contributed by atoms with Gasteiger partial charge in [-0.3, -0.25) is 0 Å². The lowest BCUT2D eigenvalue weighted by Crippen LogP contribution is -2.31. The third-order valence-electron chi connectivity index (χ3n) is 2.78. The first-order chi connectivity index (χ1) is 7.31. The van der Waals surface area contributed by atoms with Gasteiger partial charge >= 0.3 is 0 Å². The van der Waals surface area contributed by atoms with Gasteiger partial charge in [-0.05, 0) is 29.9 Å². The van der Waals surface area contributed by atoms with E-state index in [1.165, 1.54) is 11.1 Å². The number of hydrogen-bond acceptors (Lipinski definition) is 2. The van der Waals surface area contributed by atoms with Crippen molar-refractivity contribution in [1.29, 1.82) is 0 Å². The van der Waals surface area contributed by atoms with E-state index in [9.17, 15) is 4.79 Å². The predicted octanol–water partition coefficient (Wildman–Crippen LogP) is 2.20. The van der Waals surface area contributed by atoms with E-state index >= 15 is 0 Å². The number of carbonyl (C=O) groups excluding carboxylic acids is 1. The number of hydrogen-bond donors (Lipinski definition) is 1. The Morgan fingerprint density at radius 2 is 1.80 bits per heavy atom. The van der Waals surface area contributed by atoms with Gasteiger partial charge in [0.15, 0.2) is 0 Å². The molecule has 1 aliphatic carbocycles. The average Bonchev–Trinajstić information content (AvgIpc) is 2.74. The minimum Gasteiger partial charge on any atom is -0.321 e. The topological polar surface area (TPSA) is 43.1 Å². The van der Waals surface area contributed by atoms with E-state index in [-0.39, 0.29) is 7.47 Å². The van der Waals surface area contributed by atoms with Gasteiger partial charge < -0.3 is 10.5 Å². The number of rotatable bonds is 2. The zero-order valence-corrected chi connectivity index (χ0v) is 9.44. The van der Waals surface area contributed by atoms with Gasteiger partial charge in [-0.15, -0.1) is 0 Å². The fourth-order valence-electron chi connectivity index (χ4n) is 1.98. The van der Waals surface area contributed by atoms with E-state index in [2.05, 4.69) is 12.1 Å². The second kappa shape index (κ2) is 5.66. The lowest BCUT2D eigenvalue weighted by molar-refractivity contribution is -0.109. The summed E-state index contributed by atoms with van der Waals surface area (Å²) in [5, 5.41) is 0. The average molecular weight is 207 g/mol. The van der Waals surface area contributed by atoms with Crippen LogP contribution in [-0.2, 0) is 17.6 Å². The Labute approximate surface area is 93.0 Å². The van der Waals surface area contributed by atoms with Crippen molar-refractivity contribution in [2.24, 2.45) is 11.7 Å². The second-order valence-electron chi connectivity index (χ2n) is 3.65. The minimum atomic E-state index is -0.299. The third kappa shape index (κ3) is 2.66. The van der Waals surface area contributed by atoms with E-state index in [1.54, 1.807) is 0 Å². The summed E-state index contributed by atoms with van der Waals surface area (Å²) in [6, 6.07) is 8.01. The molecule has 1 aromatic carbocycles. The molecule has 0 saturated carbocycles. The van der Waals surface area contributed by atoms with Crippen molar-refractivity contribution in [3.63, 3.8) is 0 Å². The zero-order valence-electron chi connectivity index (χ0n) is 9.44. The summed E-state index contributed by atoms with van der Waals surface area (Å²) in [4.78, 5) is 10.5. The van der Waals surface area contributed by atoms with Crippen LogP contribution in [-0.4, -0.2) is 12.3 Å². The molecule has 84 valence electrons. The molecule has 0 heterocycles. The van der Waals surface area contributed by atoms with Gasteiger partial charge in [-0.1, -0.05) is 38.1 Å². The summed E-state index contributed by atoms with van der Waals surface area (Å²) >= 11 is 0. The number of fused-ring (bicyclic) bond motifs is 1. The molecule has 2 rings (SSSR count). The van der Waals surface area contributed by atoms with Crippen LogP contribution in [0.1, 0.15) is 26.4 Å². The second-order valence-corrected chi connectivity index (χ2v) is 3.65. The molecular weight excluding hydrogens is 186 g/mol. The normalized spacial score (nSPS) is 16.2. The molecule has 0 aliphatic heterocycles. The lowest BCUT2D eigenvalue weighted by atomic mass is 9.99. The summed E-state index contributed by atoms with van der Waals surface area (Å²) in [6.45, 7) is 4.00. The van der Waals surface area contributed by atoms with E-state index in [4.69, 9.17) is 5.73 Å². The maximum atomic E-state index is 10.5. The zero-order chi connectivity index (χ0) is 11.3. The van der Waals surface area contributed by atoms with Crippen molar-refractivity contribution in [3.8, 4) is 0 Å². The molecule has 2 heteroatoms. The largest absolute Gasteiger partial charge is 0.321 e. The number of aldehydes is 1. The molecule has 0 aromatic heterocycles. The Bertz CT molecular complexity index is 302. The maximum Gasteiger partial charge on any atom is 0.136 e. The first-order valence-electron chi connectivity index (χ1n) is 5.59. The SMILES string of the molecule is CC.N[C@H](C=O)C1Cc2ccccc2C1.[HH]. The van der Waals surface area contributed by atoms with Crippen molar-refractivity contribution in [2.45, 2.75) is 32.7 Å². The molecule has 0 saturated heterocycles. The first-order valence-corrected chi connectivity index (χ1v) is 5.59. The van der Waals surface area contributed by atoms with Crippen LogP contribution in [0.15, 0.2) is 24.3 Å². The summed E-state index contributed by atoms with van der Waals surface area (Å²) in [5.41, 5.74) is 8.39. The van der Waals surface area contributed by atoms with E-state index in [0.29, 0.717) is 5.92 Å². The van der Waals surface area contributed by atoms with Crippen LogP contribution in [0.4, 0.5) is 0 Å². The Balaban J connectivity index is 0.000000711. The Morgan fingerprint density at radius 1 is 1.33 bits per heavy atom. The van der Waals surface area contributed by atoms with Crippen LogP contribution in [0, 0.1) is 5.92 Å². The summed E-state index contributed by atoms with van der Waals surface area (Å²) in [5.74, 6) is 0.315. The van der Waals surface area contributed by atoms with E-state index in [0.717, 1.165) is 19.1 Å². The molecule has 0 amide bonds. The van der Waals surface area contributed by atoms with Crippen molar-refractivity contribution in [1.82, 2.24) is 0 Å². The predicted molar refractivity (Wildman–Crippen MR) is 64.8 cm³/mol. The smallest absolute Gasteiger partial charge is 0.136 e. The highest BCUT2D eigenvalue weighted by Crippen LogP contribution is 2.27. The molecule has 1 aromatic rings. The Morgan fingerprint density at radius 3 is 2.20 bits per heavy atom. The van der Waals surface area contributed by atoms with Gasteiger partial charge in [0, 0.05) is 1.43 Å². The van der Waals surface area contributed by atoms with E-state index < -0.39 is 0 Å². The van der Waals surface area contributed by atoms with Crippen molar-refractivity contribution < 1.29 is 6.22 Å². The molecular formula is C13H21NO. The fourth-order valence-corrected chi connectivity index (χ4v) is 1.98. The standard InChI is InChI=1S/C11H13NO.C2H6.H2/c12-11(7-13)10-5-8-3-1-2-4-9(8)6-10;1-2;/h1-4,7,10-11H,5-6,12H2;1-2H3;1H/t11-;;/m1../s1. The third-order valence-corrected chi connectivity index (χ3v) is 2.78. The summed E-state index contributed by atoms with van der Waals surface area (Å²) in [7, 11) is 0. The quantitative estimate of drug-likeness (QED) is 0.755. The lowest BCUT2D eigenvalue weighted by Gasteiger charge is -2.11. The fraction of sp³-hybridized carbons (Fsp3) is 0.462. The highest BCUT2D eigenvalue weighted by atomic mass is 16.1. The van der Waals surface area contributed by atoms with Crippen LogP contribution < -0.4 is 5.73 Å². The number of carbonyl (C=O) groups is 1. The Kier molecular flexibility index (Phi) is 4.50. The van der Waals surface area contributed by atoms with Crippen molar-refractivity contribution >= 4 is 6.29 Å². The van der Waals surface area contributed by atoms with Crippen LogP contribution in [0.2, 0.25) is 0 Å². The van der Waals surface area contributed by atoms with Crippen LogP contribution >= 0.6 is 0 Å². The van der Waals surface area contributed by atoms with Crippen molar-refractivity contribution in [3.05, 3.63) is 35.4 Å². The molecule has 0 unspecified atom stereocenters. The molecule has 2 nitrogen and oxygen atoms in total. The molecule has 0 radical (unpaired) electrons. The monoisotopic (exact) mass is 207 g/mol. The van der Waals surface area contributed by atoms with Gasteiger partial charge in [-0.25, -0.2) is 0 Å². The maximum absolute atomic E-state index is 10.5. The van der Waals surface area contributed by atoms with Gasteiger partial charge in [0.2, 0.25) is 0 Å². The highest BCUT2D eigenvalue weighted by molar-refractivity contribution is 5.58. The highest BCUT2D eigenvalue weighted by Gasteiger charge is 2.25. The number of nitrogens with two attached hydrogens (primary N) is 1. The van der Waals surface area contributed by atoms with Gasteiger partial charge in [0.1, 0.15) is 6.29 Å². The molecule has 15 heavy (non-hydrogen) atoms. The molecule has 0 spiro atoms. The number of benzene rings is 1. The Hall–Kier alpha value is -1.15. The molecule has 2 N–H and O–H groups in total. The summed E-state index contributed by atoms with van der Waals surface area (Å²) < 4.78 is 0. The summed E-state index contributed by atoms with van der Waals surface area (Å²) in [6.07, 6.45) is 2.77. The molecule has 0 fully saturated rings.